The molecule has 0 atom stereocenters. The van der Waals surface area contributed by atoms with Crippen molar-refractivity contribution in [2.75, 3.05) is 11.5 Å². The molecule has 1 aromatic rings. The fourth-order valence-electron chi connectivity index (χ4n) is 2.22. The molecule has 0 aliphatic carbocycles. The number of hydrogen-bond donors (Lipinski definition) is 0. The molecule has 0 spiro atoms. The van der Waals surface area contributed by atoms with Gasteiger partial charge in [-0.15, -0.1) is 23.5 Å². The molecule has 2 rings (SSSR count). The average molecular weight is 306 g/mol. The van der Waals surface area contributed by atoms with Crippen LogP contribution in [0.3, 0.4) is 0 Å². The second kappa shape index (κ2) is 8.58. The minimum Gasteiger partial charge on any atom is -0.289 e. The maximum absolute atomic E-state index is 12.1. The van der Waals surface area contributed by atoms with E-state index in [0.29, 0.717) is 0 Å². The Morgan fingerprint density at radius 2 is 1.90 bits per heavy atom. The lowest BCUT2D eigenvalue weighted by molar-refractivity contribution is 0.104. The number of carbonyl (C=O) groups is 1. The minimum atomic E-state index is 0.130. The second-order valence-electron chi connectivity index (χ2n) is 5.18. The first-order valence-corrected chi connectivity index (χ1v) is 9.33. The van der Waals surface area contributed by atoms with Crippen LogP contribution in [0.15, 0.2) is 40.6 Å². The molecule has 0 radical (unpaired) electrons. The molecule has 1 aromatic carbocycles. The Morgan fingerprint density at radius 1 is 1.20 bits per heavy atom. The molecule has 0 aromatic heterocycles. The molecule has 1 saturated heterocycles. The number of benzene rings is 1. The summed E-state index contributed by atoms with van der Waals surface area (Å²) in [5.74, 6) is 3.29. The standard InChI is InChI=1S/C17H22OS2/c1-2-3-5-8-14-12-19-17(20-13-14)11-16(18)15-9-6-4-7-10-15/h4,6-7,9-11,14H,2-3,5,8,12-13H2,1H3. The normalized spacial score (nSPS) is 18.9. The molecule has 1 fully saturated rings. The fourth-order valence-corrected chi connectivity index (χ4v) is 4.86. The van der Waals surface area contributed by atoms with Crippen molar-refractivity contribution in [1.29, 1.82) is 0 Å². The van der Waals surface area contributed by atoms with E-state index in [0.717, 1.165) is 11.5 Å². The molecule has 108 valence electrons. The van der Waals surface area contributed by atoms with Gasteiger partial charge in [0, 0.05) is 27.4 Å². The molecule has 1 nitrogen and oxygen atoms in total. The van der Waals surface area contributed by atoms with Gasteiger partial charge < -0.3 is 0 Å². The Hall–Kier alpha value is -0.670. The lowest BCUT2D eigenvalue weighted by Gasteiger charge is -2.22. The summed E-state index contributed by atoms with van der Waals surface area (Å²) >= 11 is 3.71. The molecular weight excluding hydrogens is 284 g/mol. The van der Waals surface area contributed by atoms with Crippen LogP contribution < -0.4 is 0 Å². The van der Waals surface area contributed by atoms with E-state index in [1.54, 1.807) is 0 Å². The van der Waals surface area contributed by atoms with Crippen molar-refractivity contribution in [1.82, 2.24) is 0 Å². The van der Waals surface area contributed by atoms with E-state index < -0.39 is 0 Å². The number of ketones is 1. The highest BCUT2D eigenvalue weighted by Gasteiger charge is 2.18. The zero-order valence-electron chi connectivity index (χ0n) is 12.0. The van der Waals surface area contributed by atoms with E-state index in [-0.39, 0.29) is 5.78 Å². The van der Waals surface area contributed by atoms with Crippen molar-refractivity contribution in [2.45, 2.75) is 32.6 Å². The highest BCUT2D eigenvalue weighted by molar-refractivity contribution is 8.22. The number of unbranched alkanes of at least 4 members (excludes halogenated alkanes) is 2. The summed E-state index contributed by atoms with van der Waals surface area (Å²) in [5, 5.41) is 0. The van der Waals surface area contributed by atoms with Gasteiger partial charge in [-0.1, -0.05) is 56.5 Å². The van der Waals surface area contributed by atoms with Crippen LogP contribution in [-0.2, 0) is 0 Å². The van der Waals surface area contributed by atoms with Gasteiger partial charge in [0.1, 0.15) is 0 Å². The summed E-state index contributed by atoms with van der Waals surface area (Å²) in [5.41, 5.74) is 0.784. The molecule has 0 bridgehead atoms. The quantitative estimate of drug-likeness (QED) is 0.398. The van der Waals surface area contributed by atoms with Crippen LogP contribution in [0.1, 0.15) is 43.0 Å². The SMILES string of the molecule is CCCCCC1CSC(=CC(=O)c2ccccc2)SC1. The Kier molecular flexibility index (Phi) is 6.74. The summed E-state index contributed by atoms with van der Waals surface area (Å²) in [6.45, 7) is 2.25. The Labute approximate surface area is 130 Å². The zero-order chi connectivity index (χ0) is 14.2. The number of thioether (sulfide) groups is 2. The van der Waals surface area contributed by atoms with Crippen molar-refractivity contribution < 1.29 is 4.79 Å². The lowest BCUT2D eigenvalue weighted by Crippen LogP contribution is -2.11. The van der Waals surface area contributed by atoms with E-state index in [2.05, 4.69) is 6.92 Å². The van der Waals surface area contributed by atoms with Crippen LogP contribution in [0.4, 0.5) is 0 Å². The highest BCUT2D eigenvalue weighted by Crippen LogP contribution is 2.39. The maximum atomic E-state index is 12.1. The van der Waals surface area contributed by atoms with E-state index >= 15 is 0 Å². The van der Waals surface area contributed by atoms with Crippen LogP contribution in [0.2, 0.25) is 0 Å². The van der Waals surface area contributed by atoms with Crippen molar-refractivity contribution in [3.05, 3.63) is 46.2 Å². The molecule has 0 unspecified atom stereocenters. The van der Waals surface area contributed by atoms with Gasteiger partial charge in [0.05, 0.1) is 0 Å². The van der Waals surface area contributed by atoms with E-state index in [1.165, 1.54) is 41.4 Å². The highest BCUT2D eigenvalue weighted by atomic mass is 32.2. The Morgan fingerprint density at radius 3 is 2.55 bits per heavy atom. The molecule has 3 heteroatoms. The number of rotatable bonds is 6. The largest absolute Gasteiger partial charge is 0.289 e. The van der Waals surface area contributed by atoms with Gasteiger partial charge in [0.15, 0.2) is 5.78 Å². The first-order valence-electron chi connectivity index (χ1n) is 7.36. The van der Waals surface area contributed by atoms with Gasteiger partial charge in [-0.3, -0.25) is 4.79 Å². The average Bonchev–Trinajstić information content (AvgIpc) is 2.50. The van der Waals surface area contributed by atoms with Crippen LogP contribution in [-0.4, -0.2) is 17.3 Å². The predicted molar refractivity (Wildman–Crippen MR) is 91.4 cm³/mol. The van der Waals surface area contributed by atoms with E-state index in [9.17, 15) is 4.79 Å². The first kappa shape index (κ1) is 15.7. The van der Waals surface area contributed by atoms with Crippen molar-refractivity contribution >= 4 is 29.3 Å². The van der Waals surface area contributed by atoms with Gasteiger partial charge in [0.2, 0.25) is 0 Å². The van der Waals surface area contributed by atoms with Crippen LogP contribution in [0, 0.1) is 5.92 Å². The number of allylic oxidation sites excluding steroid dienone is 1. The smallest absolute Gasteiger partial charge is 0.187 e. The summed E-state index contributed by atoms with van der Waals surface area (Å²) in [4.78, 5) is 12.1. The van der Waals surface area contributed by atoms with Gasteiger partial charge in [0.25, 0.3) is 0 Å². The molecule has 0 N–H and O–H groups in total. The molecule has 1 aliphatic heterocycles. The molecule has 20 heavy (non-hydrogen) atoms. The summed E-state index contributed by atoms with van der Waals surface area (Å²) in [7, 11) is 0. The van der Waals surface area contributed by atoms with Crippen molar-refractivity contribution in [2.24, 2.45) is 5.92 Å². The molecule has 0 amide bonds. The second-order valence-corrected chi connectivity index (χ2v) is 7.56. The van der Waals surface area contributed by atoms with E-state index in [1.807, 2.05) is 59.9 Å². The van der Waals surface area contributed by atoms with Crippen molar-refractivity contribution in [3.8, 4) is 0 Å². The van der Waals surface area contributed by atoms with Crippen LogP contribution in [0.5, 0.6) is 0 Å². The Bertz CT molecular complexity index is 443. The van der Waals surface area contributed by atoms with Crippen molar-refractivity contribution in [3.63, 3.8) is 0 Å². The van der Waals surface area contributed by atoms with Crippen LogP contribution >= 0.6 is 23.5 Å². The predicted octanol–water partition coefficient (Wildman–Crippen LogP) is 5.39. The zero-order valence-corrected chi connectivity index (χ0v) is 13.6. The topological polar surface area (TPSA) is 17.1 Å². The van der Waals surface area contributed by atoms with E-state index in [4.69, 9.17) is 0 Å². The van der Waals surface area contributed by atoms with Gasteiger partial charge in [-0.05, 0) is 12.3 Å². The van der Waals surface area contributed by atoms with Gasteiger partial charge in [-0.25, -0.2) is 0 Å². The maximum Gasteiger partial charge on any atom is 0.187 e. The monoisotopic (exact) mass is 306 g/mol. The first-order chi connectivity index (χ1) is 9.79. The molecule has 1 aliphatic rings. The minimum absolute atomic E-state index is 0.130. The van der Waals surface area contributed by atoms with Gasteiger partial charge in [-0.2, -0.15) is 0 Å². The van der Waals surface area contributed by atoms with Gasteiger partial charge >= 0.3 is 0 Å². The summed E-state index contributed by atoms with van der Waals surface area (Å²) < 4.78 is 1.19. The van der Waals surface area contributed by atoms with Crippen LogP contribution in [0.25, 0.3) is 0 Å². The third-order valence-corrected chi connectivity index (χ3v) is 6.23. The third-order valence-electron chi connectivity index (χ3n) is 3.45. The number of hydrogen-bond acceptors (Lipinski definition) is 3. The molecular formula is C17H22OS2. The third kappa shape index (κ3) is 5.02. The lowest BCUT2D eigenvalue weighted by atomic mass is 10.1. The fraction of sp³-hybridized carbons (Fsp3) is 0.471. The Balaban J connectivity index is 1.81. The number of carbonyl (C=O) groups excluding carboxylic acids is 1. The summed E-state index contributed by atoms with van der Waals surface area (Å²) in [6.07, 6.45) is 7.15. The molecule has 0 saturated carbocycles. The molecule has 1 heterocycles. The summed E-state index contributed by atoms with van der Waals surface area (Å²) in [6, 6.07) is 9.53.